The van der Waals surface area contributed by atoms with E-state index < -0.39 is 21.3 Å². The summed E-state index contributed by atoms with van der Waals surface area (Å²) in [6, 6.07) is 1.08. The van der Waals surface area contributed by atoms with Crippen molar-refractivity contribution in [2.24, 2.45) is 12.2 Å². The molecule has 0 fully saturated rings. The number of sulfonamides is 1. The van der Waals surface area contributed by atoms with E-state index in [1.165, 1.54) is 7.05 Å². The molecule has 0 atom stereocenters. The van der Waals surface area contributed by atoms with Crippen LogP contribution in [0, 0.1) is 0 Å². The van der Waals surface area contributed by atoms with Crippen LogP contribution in [0.5, 0.6) is 0 Å². The molecule has 0 radical (unpaired) electrons. The molecule has 90 valence electrons. The number of primary sulfonamides is 1. The molecule has 0 aliphatic rings. The summed E-state index contributed by atoms with van der Waals surface area (Å²) in [5.41, 5.74) is -1.24. The van der Waals surface area contributed by atoms with E-state index in [9.17, 15) is 18.0 Å². The van der Waals surface area contributed by atoms with Gasteiger partial charge in [0, 0.05) is 13.2 Å². The molecule has 0 saturated carbocycles. The van der Waals surface area contributed by atoms with Crippen molar-refractivity contribution in [2.75, 3.05) is 0 Å². The predicted octanol–water partition coefficient (Wildman–Crippen LogP) is -1.73. The third kappa shape index (κ3) is 1.85. The van der Waals surface area contributed by atoms with Crippen LogP contribution in [0.1, 0.15) is 0 Å². The number of nitrogens with zero attached hydrogens (tertiary/aromatic N) is 2. The van der Waals surface area contributed by atoms with Crippen LogP contribution < -0.4 is 16.4 Å². The van der Waals surface area contributed by atoms with Gasteiger partial charge in [-0.2, -0.15) is 0 Å². The molecule has 2 rings (SSSR count). The zero-order chi connectivity index (χ0) is 12.8. The molecule has 17 heavy (non-hydrogen) atoms. The van der Waals surface area contributed by atoms with Crippen LogP contribution in [-0.4, -0.2) is 23.0 Å². The molecule has 0 spiro atoms. The topological polar surface area (TPSA) is 128 Å². The minimum absolute atomic E-state index is 0.0152. The monoisotopic (exact) mass is 256 g/mol. The number of nitrogens with one attached hydrogen (secondary N) is 1. The van der Waals surface area contributed by atoms with Crippen LogP contribution in [0.3, 0.4) is 0 Å². The lowest BCUT2D eigenvalue weighted by Crippen LogP contribution is -2.29. The zero-order valence-electron chi connectivity index (χ0n) is 8.67. The normalized spacial score (nSPS) is 11.9. The van der Waals surface area contributed by atoms with Gasteiger partial charge in [-0.25, -0.2) is 23.3 Å². The molecule has 0 aliphatic carbocycles. The Bertz CT molecular complexity index is 818. The first-order valence-corrected chi connectivity index (χ1v) is 5.97. The molecule has 2 heterocycles. The minimum Gasteiger partial charge on any atom is -0.281 e. The van der Waals surface area contributed by atoms with E-state index in [2.05, 4.69) is 4.98 Å². The maximum Gasteiger partial charge on any atom is 0.329 e. The van der Waals surface area contributed by atoms with Gasteiger partial charge in [0.15, 0.2) is 0 Å². The summed E-state index contributed by atoms with van der Waals surface area (Å²) < 4.78 is 23.3. The lowest BCUT2D eigenvalue weighted by Gasteiger charge is -2.03. The van der Waals surface area contributed by atoms with Crippen molar-refractivity contribution >= 4 is 21.1 Å². The Morgan fingerprint density at radius 2 is 2.06 bits per heavy atom. The molecule has 0 aromatic carbocycles. The largest absolute Gasteiger partial charge is 0.329 e. The Morgan fingerprint density at radius 3 is 2.65 bits per heavy atom. The molecule has 2 aromatic rings. The van der Waals surface area contributed by atoms with Crippen molar-refractivity contribution in [3.63, 3.8) is 0 Å². The maximum absolute atomic E-state index is 11.5. The van der Waals surface area contributed by atoms with Crippen LogP contribution >= 0.6 is 0 Å². The van der Waals surface area contributed by atoms with Gasteiger partial charge < -0.3 is 0 Å². The van der Waals surface area contributed by atoms with E-state index in [1.54, 1.807) is 0 Å². The van der Waals surface area contributed by atoms with Crippen molar-refractivity contribution in [3.8, 4) is 0 Å². The standard InChI is InChI=1S/C8H8N4O4S/c1-12-6-5(7(13)11-8(12)14)2-4(3-10-6)17(9,15)16/h2-3H,1H3,(H2,9,15,16)(H,11,13,14). The maximum atomic E-state index is 11.5. The van der Waals surface area contributed by atoms with Gasteiger partial charge in [-0.1, -0.05) is 0 Å². The second-order valence-electron chi connectivity index (χ2n) is 3.41. The summed E-state index contributed by atoms with van der Waals surface area (Å²) in [6.07, 6.45) is 0.997. The summed E-state index contributed by atoms with van der Waals surface area (Å²) in [7, 11) is -2.53. The Morgan fingerprint density at radius 1 is 1.41 bits per heavy atom. The summed E-state index contributed by atoms with van der Waals surface area (Å²) >= 11 is 0. The average molecular weight is 256 g/mol. The number of rotatable bonds is 1. The molecule has 9 heteroatoms. The highest BCUT2D eigenvalue weighted by atomic mass is 32.2. The first kappa shape index (κ1) is 11.5. The van der Waals surface area contributed by atoms with Crippen LogP contribution in [0.25, 0.3) is 11.0 Å². The smallest absolute Gasteiger partial charge is 0.281 e. The Labute approximate surface area is 94.8 Å². The number of pyridine rings is 1. The molecule has 0 amide bonds. The quantitative estimate of drug-likeness (QED) is 0.626. The lowest BCUT2D eigenvalue weighted by molar-refractivity contribution is 0.597. The van der Waals surface area contributed by atoms with Gasteiger partial charge in [0.1, 0.15) is 10.5 Å². The highest BCUT2D eigenvalue weighted by molar-refractivity contribution is 7.89. The van der Waals surface area contributed by atoms with Crippen molar-refractivity contribution < 1.29 is 8.42 Å². The van der Waals surface area contributed by atoms with Gasteiger partial charge in [0.05, 0.1) is 5.39 Å². The number of H-pyrrole nitrogens is 1. The van der Waals surface area contributed by atoms with Crippen LogP contribution in [0.4, 0.5) is 0 Å². The average Bonchev–Trinajstić information content (AvgIpc) is 2.24. The molecule has 0 bridgehead atoms. The van der Waals surface area contributed by atoms with Crippen LogP contribution in [0.2, 0.25) is 0 Å². The third-order valence-electron chi connectivity index (χ3n) is 2.26. The van der Waals surface area contributed by atoms with E-state index in [0.717, 1.165) is 16.8 Å². The van der Waals surface area contributed by atoms with Gasteiger partial charge in [-0.3, -0.25) is 14.3 Å². The number of aromatic nitrogens is 3. The minimum atomic E-state index is -3.94. The highest BCUT2D eigenvalue weighted by Crippen LogP contribution is 2.10. The molecular weight excluding hydrogens is 248 g/mol. The summed E-state index contributed by atoms with van der Waals surface area (Å²) in [6.45, 7) is 0. The van der Waals surface area contributed by atoms with E-state index in [4.69, 9.17) is 5.14 Å². The highest BCUT2D eigenvalue weighted by Gasteiger charge is 2.12. The van der Waals surface area contributed by atoms with Crippen LogP contribution in [-0.2, 0) is 17.1 Å². The summed E-state index contributed by atoms with van der Waals surface area (Å²) in [5, 5.41) is 4.90. The van der Waals surface area contributed by atoms with Crippen molar-refractivity contribution in [3.05, 3.63) is 33.1 Å². The molecule has 0 saturated heterocycles. The molecule has 2 aromatic heterocycles. The lowest BCUT2D eigenvalue weighted by atomic mass is 10.3. The van der Waals surface area contributed by atoms with Crippen molar-refractivity contribution in [2.45, 2.75) is 4.90 Å². The van der Waals surface area contributed by atoms with E-state index in [-0.39, 0.29) is 15.9 Å². The molecule has 0 aliphatic heterocycles. The van der Waals surface area contributed by atoms with Gasteiger partial charge in [-0.05, 0) is 6.07 Å². The van der Waals surface area contributed by atoms with Crippen molar-refractivity contribution in [1.29, 1.82) is 0 Å². The van der Waals surface area contributed by atoms with Gasteiger partial charge in [-0.15, -0.1) is 0 Å². The Kier molecular flexibility index (Phi) is 2.36. The van der Waals surface area contributed by atoms with Gasteiger partial charge in [0.2, 0.25) is 10.0 Å². The van der Waals surface area contributed by atoms with Gasteiger partial charge in [0.25, 0.3) is 5.56 Å². The number of aromatic amines is 1. The molecule has 8 nitrogen and oxygen atoms in total. The number of aryl methyl sites for hydroxylation is 1. The SMILES string of the molecule is Cn1c(=O)[nH]c(=O)c2cc(S(N)(=O)=O)cnc21. The molecular formula is C8H8N4O4S. The number of fused-ring (bicyclic) bond motifs is 1. The first-order valence-electron chi connectivity index (χ1n) is 4.42. The van der Waals surface area contributed by atoms with Crippen molar-refractivity contribution in [1.82, 2.24) is 14.5 Å². The third-order valence-corrected chi connectivity index (χ3v) is 3.14. The Hall–Kier alpha value is -2.00. The second-order valence-corrected chi connectivity index (χ2v) is 4.97. The van der Waals surface area contributed by atoms with E-state index in [1.807, 2.05) is 4.98 Å². The molecule has 0 unspecified atom stereocenters. The first-order chi connectivity index (χ1) is 7.80. The fourth-order valence-electron chi connectivity index (χ4n) is 1.37. The zero-order valence-corrected chi connectivity index (χ0v) is 9.48. The fourth-order valence-corrected chi connectivity index (χ4v) is 1.85. The van der Waals surface area contributed by atoms with E-state index >= 15 is 0 Å². The fraction of sp³-hybridized carbons (Fsp3) is 0.125. The second kappa shape index (κ2) is 3.50. The van der Waals surface area contributed by atoms with E-state index in [0.29, 0.717) is 0 Å². The van der Waals surface area contributed by atoms with Gasteiger partial charge >= 0.3 is 5.69 Å². The predicted molar refractivity (Wildman–Crippen MR) is 59.0 cm³/mol. The number of hydrogen-bond acceptors (Lipinski definition) is 5. The van der Waals surface area contributed by atoms with Crippen LogP contribution in [0.15, 0.2) is 26.7 Å². The summed E-state index contributed by atoms with van der Waals surface area (Å²) in [5.74, 6) is 0. The summed E-state index contributed by atoms with van der Waals surface area (Å²) in [4.78, 5) is 28.3. The molecule has 3 N–H and O–H groups in total. The Balaban J connectivity index is 2.99. The number of hydrogen-bond donors (Lipinski definition) is 2. The number of nitrogens with two attached hydrogens (primary N) is 1.